The summed E-state index contributed by atoms with van der Waals surface area (Å²) < 4.78 is 29.2. The summed E-state index contributed by atoms with van der Waals surface area (Å²) in [6.07, 6.45) is 2.16. The topological polar surface area (TPSA) is 96.3 Å². The van der Waals surface area contributed by atoms with Crippen molar-refractivity contribution in [1.82, 2.24) is 14.9 Å². The molecule has 0 bridgehead atoms. The van der Waals surface area contributed by atoms with E-state index >= 15 is 0 Å². The minimum absolute atomic E-state index is 0.117. The monoisotopic (exact) mass is 373 g/mol. The summed E-state index contributed by atoms with van der Waals surface area (Å²) in [6.45, 7) is 0.810. The van der Waals surface area contributed by atoms with E-state index in [0.29, 0.717) is 36.2 Å². The van der Waals surface area contributed by atoms with Crippen molar-refractivity contribution in [3.8, 4) is 0 Å². The first-order chi connectivity index (χ1) is 12.5. The predicted octanol–water partition coefficient (Wildman–Crippen LogP) is 1.71. The van der Waals surface area contributed by atoms with Crippen LogP contribution in [0.4, 0.5) is 0 Å². The lowest BCUT2D eigenvalue weighted by atomic mass is 10.2. The third-order valence-corrected chi connectivity index (χ3v) is 6.43. The lowest BCUT2D eigenvalue weighted by molar-refractivity contribution is 0.175. The van der Waals surface area contributed by atoms with E-state index < -0.39 is 9.84 Å². The summed E-state index contributed by atoms with van der Waals surface area (Å²) in [4.78, 5) is 21.7. The maximum absolute atomic E-state index is 12.3. The zero-order valence-electron chi connectivity index (χ0n) is 14.1. The summed E-state index contributed by atoms with van der Waals surface area (Å²) in [5.74, 6) is 1.57. The first-order valence-corrected chi connectivity index (χ1v) is 10.3. The number of furan rings is 1. The minimum atomic E-state index is -3.02. The number of hydrogen-bond acceptors (Lipinski definition) is 6. The van der Waals surface area contributed by atoms with E-state index in [2.05, 4.69) is 9.97 Å². The Morgan fingerprint density at radius 2 is 2.04 bits per heavy atom. The molecule has 1 atom stereocenters. The van der Waals surface area contributed by atoms with Crippen LogP contribution < -0.4 is 5.56 Å². The number of sulfone groups is 1. The molecular formula is C18H19N3O4S. The number of rotatable bonds is 5. The van der Waals surface area contributed by atoms with Crippen LogP contribution in [0.2, 0.25) is 0 Å². The molecule has 7 nitrogen and oxygen atoms in total. The highest BCUT2D eigenvalue weighted by atomic mass is 32.2. The average molecular weight is 373 g/mol. The number of para-hydroxylation sites is 1. The molecule has 0 saturated carbocycles. The number of H-pyrrole nitrogens is 1. The molecule has 3 heterocycles. The molecule has 1 N–H and O–H groups in total. The van der Waals surface area contributed by atoms with Gasteiger partial charge in [0.15, 0.2) is 9.84 Å². The van der Waals surface area contributed by atoms with Crippen LogP contribution in [0.25, 0.3) is 10.9 Å². The number of nitrogens with one attached hydrogen (secondary N) is 1. The van der Waals surface area contributed by atoms with Crippen LogP contribution in [0.3, 0.4) is 0 Å². The quantitative estimate of drug-likeness (QED) is 0.731. The van der Waals surface area contributed by atoms with Gasteiger partial charge in [0.05, 0.1) is 41.8 Å². The van der Waals surface area contributed by atoms with Gasteiger partial charge < -0.3 is 9.40 Å². The molecule has 2 aromatic heterocycles. The Morgan fingerprint density at radius 1 is 1.19 bits per heavy atom. The van der Waals surface area contributed by atoms with Gasteiger partial charge in [-0.2, -0.15) is 0 Å². The summed E-state index contributed by atoms with van der Waals surface area (Å²) in [7, 11) is -3.02. The van der Waals surface area contributed by atoms with Gasteiger partial charge in [-0.05, 0) is 30.7 Å². The number of nitrogens with zero attached hydrogens (tertiary/aromatic N) is 2. The zero-order valence-corrected chi connectivity index (χ0v) is 14.9. The molecule has 4 rings (SSSR count). The predicted molar refractivity (Wildman–Crippen MR) is 97.4 cm³/mol. The molecule has 1 fully saturated rings. The van der Waals surface area contributed by atoms with Crippen molar-refractivity contribution < 1.29 is 12.8 Å². The molecule has 0 radical (unpaired) electrons. The third-order valence-electron chi connectivity index (χ3n) is 4.68. The van der Waals surface area contributed by atoms with Gasteiger partial charge in [-0.15, -0.1) is 0 Å². The molecule has 1 aromatic carbocycles. The second kappa shape index (κ2) is 6.69. The Hall–Kier alpha value is -2.45. The van der Waals surface area contributed by atoms with Crippen molar-refractivity contribution in [3.05, 3.63) is 64.6 Å². The third kappa shape index (κ3) is 3.56. The second-order valence-corrected chi connectivity index (χ2v) is 8.80. The fourth-order valence-electron chi connectivity index (χ4n) is 3.38. The molecule has 136 valence electrons. The number of benzene rings is 1. The number of hydrogen-bond donors (Lipinski definition) is 1. The maximum atomic E-state index is 12.3. The van der Waals surface area contributed by atoms with Crippen molar-refractivity contribution in [3.63, 3.8) is 0 Å². The fourth-order valence-corrected chi connectivity index (χ4v) is 5.14. The zero-order chi connectivity index (χ0) is 18.1. The SMILES string of the molecule is O=c1[nH]c(CN(Cc2ccco2)[C@@H]2CCS(=O)(=O)C2)nc2ccccc12. The van der Waals surface area contributed by atoms with E-state index in [4.69, 9.17) is 4.42 Å². The van der Waals surface area contributed by atoms with E-state index in [1.165, 1.54) is 0 Å². The molecule has 1 aliphatic heterocycles. The van der Waals surface area contributed by atoms with E-state index in [0.717, 1.165) is 5.76 Å². The Kier molecular flexibility index (Phi) is 4.37. The molecule has 0 aliphatic carbocycles. The van der Waals surface area contributed by atoms with E-state index in [1.807, 2.05) is 17.0 Å². The van der Waals surface area contributed by atoms with Crippen LogP contribution in [0.15, 0.2) is 51.9 Å². The first-order valence-electron chi connectivity index (χ1n) is 8.45. The van der Waals surface area contributed by atoms with Crippen molar-refractivity contribution in [2.24, 2.45) is 0 Å². The molecular weight excluding hydrogens is 354 g/mol. The van der Waals surface area contributed by atoms with Crippen LogP contribution in [-0.4, -0.2) is 40.8 Å². The van der Waals surface area contributed by atoms with Crippen molar-refractivity contribution in [1.29, 1.82) is 0 Å². The van der Waals surface area contributed by atoms with Crippen molar-refractivity contribution >= 4 is 20.7 Å². The molecule has 0 spiro atoms. The fraction of sp³-hybridized carbons (Fsp3) is 0.333. The lowest BCUT2D eigenvalue weighted by Gasteiger charge is -2.26. The molecule has 3 aromatic rings. The summed E-state index contributed by atoms with van der Waals surface area (Å²) in [6, 6.07) is 10.7. The minimum Gasteiger partial charge on any atom is -0.468 e. The molecule has 1 saturated heterocycles. The number of aromatic amines is 1. The van der Waals surface area contributed by atoms with Crippen molar-refractivity contribution in [2.75, 3.05) is 11.5 Å². The summed E-state index contributed by atoms with van der Waals surface area (Å²) >= 11 is 0. The van der Waals surface area contributed by atoms with Gasteiger partial charge in [0, 0.05) is 6.04 Å². The standard InChI is InChI=1S/C18H19N3O4S/c22-18-15-5-1-2-6-16(15)19-17(20-18)11-21(10-14-4-3-8-25-14)13-7-9-26(23,24)12-13/h1-6,8,13H,7,9-12H2,(H,19,20,22)/t13-/m1/s1. The van der Waals surface area contributed by atoms with Gasteiger partial charge in [-0.25, -0.2) is 13.4 Å². The first kappa shape index (κ1) is 17.0. The van der Waals surface area contributed by atoms with Gasteiger partial charge in [-0.1, -0.05) is 12.1 Å². The van der Waals surface area contributed by atoms with Gasteiger partial charge in [0.1, 0.15) is 11.6 Å². The van der Waals surface area contributed by atoms with E-state index in [9.17, 15) is 13.2 Å². The Labute approximate surface area is 150 Å². The molecule has 1 aliphatic rings. The van der Waals surface area contributed by atoms with Gasteiger partial charge >= 0.3 is 0 Å². The van der Waals surface area contributed by atoms with Gasteiger partial charge in [-0.3, -0.25) is 9.69 Å². The van der Waals surface area contributed by atoms with Crippen LogP contribution in [0.1, 0.15) is 18.0 Å². The second-order valence-electron chi connectivity index (χ2n) is 6.57. The van der Waals surface area contributed by atoms with Crippen LogP contribution in [0, 0.1) is 0 Å². The highest BCUT2D eigenvalue weighted by Gasteiger charge is 2.33. The van der Waals surface area contributed by atoms with Gasteiger partial charge in [0.2, 0.25) is 0 Å². The average Bonchev–Trinajstić information content (AvgIpc) is 3.23. The Bertz CT molecular complexity index is 1070. The van der Waals surface area contributed by atoms with Gasteiger partial charge in [0.25, 0.3) is 5.56 Å². The largest absolute Gasteiger partial charge is 0.468 e. The van der Waals surface area contributed by atoms with E-state index in [1.54, 1.807) is 30.5 Å². The van der Waals surface area contributed by atoms with Crippen LogP contribution in [0.5, 0.6) is 0 Å². The number of fused-ring (bicyclic) bond motifs is 1. The lowest BCUT2D eigenvalue weighted by Crippen LogP contribution is -2.36. The summed E-state index contributed by atoms with van der Waals surface area (Å²) in [5, 5.41) is 0.539. The molecule has 0 unspecified atom stereocenters. The summed E-state index contributed by atoms with van der Waals surface area (Å²) in [5.41, 5.74) is 0.436. The maximum Gasteiger partial charge on any atom is 0.258 e. The highest BCUT2D eigenvalue weighted by Crippen LogP contribution is 2.22. The van der Waals surface area contributed by atoms with Crippen molar-refractivity contribution in [2.45, 2.75) is 25.6 Å². The highest BCUT2D eigenvalue weighted by molar-refractivity contribution is 7.91. The van der Waals surface area contributed by atoms with E-state index in [-0.39, 0.29) is 23.1 Å². The Morgan fingerprint density at radius 3 is 2.77 bits per heavy atom. The molecule has 8 heteroatoms. The smallest absolute Gasteiger partial charge is 0.258 e. The molecule has 26 heavy (non-hydrogen) atoms. The number of aromatic nitrogens is 2. The molecule has 0 amide bonds. The normalized spacial score (nSPS) is 19.3. The van der Waals surface area contributed by atoms with Crippen LogP contribution >= 0.6 is 0 Å². The Balaban J connectivity index is 1.65. The van der Waals surface area contributed by atoms with Crippen LogP contribution in [-0.2, 0) is 22.9 Å².